The first-order valence-electron chi connectivity index (χ1n) is 3.74. The maximum Gasteiger partial charge on any atom is 0.586 e. The molecule has 6 nitrogen and oxygen atoms in total. The Balaban J connectivity index is 2.86. The van der Waals surface area contributed by atoms with Crippen molar-refractivity contribution in [3.05, 3.63) is 0 Å². The van der Waals surface area contributed by atoms with Crippen LogP contribution in [0.2, 0.25) is 0 Å². The summed E-state index contributed by atoms with van der Waals surface area (Å²) >= 11 is 32.1. The third-order valence-corrected chi connectivity index (χ3v) is 3.20. The second-order valence-electron chi connectivity index (χ2n) is 2.65. The van der Waals surface area contributed by atoms with E-state index in [0.717, 1.165) is 0 Å². The van der Waals surface area contributed by atoms with Crippen LogP contribution in [0.15, 0.2) is 9.92 Å². The fraction of sp³-hybridized carbons (Fsp3) is 0.400. The Labute approximate surface area is 131 Å². The molecule has 0 saturated carbocycles. The molecule has 0 spiro atoms. The zero-order valence-electron chi connectivity index (χ0n) is 7.82. The molecule has 0 N–H and O–H groups in total. The van der Waals surface area contributed by atoms with E-state index in [1.54, 1.807) is 0 Å². The fourth-order valence-electron chi connectivity index (χ4n) is 0.682. The molecule has 1 atom stereocenters. The predicted octanol–water partition coefficient (Wildman–Crippen LogP) is 3.84. The van der Waals surface area contributed by atoms with Crippen molar-refractivity contribution in [1.29, 1.82) is 0 Å². The quantitative estimate of drug-likeness (QED) is 0.307. The summed E-state index contributed by atoms with van der Waals surface area (Å²) in [6.07, 6.45) is 0.675. The van der Waals surface area contributed by atoms with Crippen molar-refractivity contribution in [2.45, 2.75) is 7.59 Å². The molecule has 0 aromatic rings. The number of alkyl halides is 6. The highest BCUT2D eigenvalue weighted by Crippen LogP contribution is 2.56. The summed E-state index contributed by atoms with van der Waals surface area (Å²) in [6, 6.07) is 0. The number of nitrogens with zero attached hydrogens (tertiary/aromatic N) is 2. The minimum atomic E-state index is -4.25. The van der Waals surface area contributed by atoms with E-state index in [1.165, 1.54) is 0 Å². The van der Waals surface area contributed by atoms with E-state index in [2.05, 4.69) is 19.1 Å². The number of hydrogen-bond donors (Lipinski definition) is 0. The van der Waals surface area contributed by atoms with Crippen molar-refractivity contribution >= 4 is 95.2 Å². The Morgan fingerprint density at radius 1 is 1.28 bits per heavy atom. The van der Waals surface area contributed by atoms with Gasteiger partial charge >= 0.3 is 13.7 Å². The Bertz CT molecular complexity index is 466. The molecule has 0 radical (unpaired) electrons. The van der Waals surface area contributed by atoms with Gasteiger partial charge in [-0.05, 0) is 0 Å². The van der Waals surface area contributed by atoms with Crippen LogP contribution in [0, 0.1) is 0 Å². The lowest BCUT2D eigenvalue weighted by atomic mass is 10.4. The normalized spacial score (nSPS) is 25.2. The molecule has 102 valence electrons. The largest absolute Gasteiger partial charge is 0.586 e. The van der Waals surface area contributed by atoms with Crippen LogP contribution in [-0.2, 0) is 18.5 Å². The van der Waals surface area contributed by atoms with Gasteiger partial charge in [0.25, 0.3) is 0 Å². The van der Waals surface area contributed by atoms with E-state index in [0.29, 0.717) is 6.21 Å². The Morgan fingerprint density at radius 3 is 2.22 bits per heavy atom. The van der Waals surface area contributed by atoms with Crippen LogP contribution in [0.4, 0.5) is 0 Å². The summed E-state index contributed by atoms with van der Waals surface area (Å²) in [7, 11) is -4.25. The minimum absolute atomic E-state index is 0.675. The van der Waals surface area contributed by atoms with Gasteiger partial charge in [0, 0.05) is 0 Å². The van der Waals surface area contributed by atoms with Crippen LogP contribution < -0.4 is 0 Å². The smallest absolute Gasteiger partial charge is 0.359 e. The summed E-state index contributed by atoms with van der Waals surface area (Å²) in [5, 5.41) is 3.05. The number of rotatable bonds is 2. The van der Waals surface area contributed by atoms with Gasteiger partial charge < -0.3 is 4.52 Å². The Kier molecular flexibility index (Phi) is 5.10. The molecule has 1 aliphatic rings. The van der Waals surface area contributed by atoms with Gasteiger partial charge in [-0.3, -0.25) is 4.62 Å². The number of hydrogen-bond acceptors (Lipinski definition) is 5. The van der Waals surface area contributed by atoms with Gasteiger partial charge in [-0.1, -0.05) is 74.8 Å². The van der Waals surface area contributed by atoms with Crippen LogP contribution in [0.5, 0.6) is 0 Å². The third-order valence-electron chi connectivity index (χ3n) is 1.23. The van der Waals surface area contributed by atoms with E-state index in [9.17, 15) is 9.36 Å². The molecule has 13 heteroatoms. The van der Waals surface area contributed by atoms with Crippen LogP contribution in [0.1, 0.15) is 0 Å². The highest BCUT2D eigenvalue weighted by atomic mass is 35.6. The van der Waals surface area contributed by atoms with Crippen molar-refractivity contribution in [2.75, 3.05) is 0 Å². The molecule has 1 unspecified atom stereocenters. The summed E-state index contributed by atoms with van der Waals surface area (Å²) in [5.74, 6) is -1.21. The van der Waals surface area contributed by atoms with E-state index < -0.39 is 27.0 Å². The Hall–Kier alpha value is 0.580. The van der Waals surface area contributed by atoms with Crippen LogP contribution in [-0.4, -0.2) is 25.5 Å². The van der Waals surface area contributed by atoms with E-state index in [1.807, 2.05) is 0 Å². The van der Waals surface area contributed by atoms with Crippen molar-refractivity contribution in [3.8, 4) is 0 Å². The van der Waals surface area contributed by atoms with Crippen molar-refractivity contribution in [2.24, 2.45) is 9.92 Å². The van der Waals surface area contributed by atoms with Gasteiger partial charge in [0.15, 0.2) is 5.71 Å². The van der Waals surface area contributed by atoms with Gasteiger partial charge in [-0.15, -0.1) is 4.76 Å². The summed E-state index contributed by atoms with van der Waals surface area (Å²) < 4.78 is 19.5. The molecule has 1 heterocycles. The molecule has 0 aliphatic carbocycles. The summed E-state index contributed by atoms with van der Waals surface area (Å²) in [6.45, 7) is 0. The lowest BCUT2D eigenvalue weighted by molar-refractivity contribution is -0.126. The highest BCUT2D eigenvalue weighted by molar-refractivity contribution is 7.54. The predicted molar refractivity (Wildman–Crippen MR) is 71.3 cm³/mol. The topological polar surface area (TPSA) is 77.3 Å². The van der Waals surface area contributed by atoms with E-state index in [-0.39, 0.29) is 0 Å². The monoisotopic (exact) mass is 394 g/mol. The average molecular weight is 397 g/mol. The standard InChI is InChI=1S/C5HCl6N2O4P/c6-4(7,8)1-12-17-18(15)13-2(3(14)16-18)5(9,10)11/h1H/b12-1+. The molecule has 0 amide bonds. The van der Waals surface area contributed by atoms with Gasteiger partial charge in [-0.2, -0.15) is 0 Å². The van der Waals surface area contributed by atoms with Crippen LogP contribution >= 0.6 is 77.4 Å². The molecule has 1 aliphatic heterocycles. The first-order chi connectivity index (χ1) is 7.93. The van der Waals surface area contributed by atoms with Gasteiger partial charge in [0.2, 0.25) is 7.59 Å². The number of carbonyl (C=O) groups excluding carboxylic acids is 1. The second kappa shape index (κ2) is 5.52. The second-order valence-corrected chi connectivity index (χ2v) is 8.78. The SMILES string of the molecule is O=C1OP(=O)(O/N=C/C(Cl)(Cl)Cl)N=C1C(Cl)(Cl)Cl. The molecule has 18 heavy (non-hydrogen) atoms. The van der Waals surface area contributed by atoms with Crippen molar-refractivity contribution in [1.82, 2.24) is 0 Å². The average Bonchev–Trinajstić information content (AvgIpc) is 2.38. The molecular weight excluding hydrogens is 396 g/mol. The molecule has 0 aromatic heterocycles. The summed E-state index contributed by atoms with van der Waals surface area (Å²) in [5.41, 5.74) is -0.695. The minimum Gasteiger partial charge on any atom is -0.359 e. The molecule has 0 aromatic carbocycles. The lowest BCUT2D eigenvalue weighted by Gasteiger charge is -2.04. The van der Waals surface area contributed by atoms with Gasteiger partial charge in [0.1, 0.15) is 0 Å². The molecule has 1 rings (SSSR count). The van der Waals surface area contributed by atoms with Crippen LogP contribution in [0.3, 0.4) is 0 Å². The third kappa shape index (κ3) is 4.93. The molecule has 0 saturated heterocycles. The number of carbonyl (C=O) groups is 1. The summed E-state index contributed by atoms with van der Waals surface area (Å²) in [4.78, 5) is 11.2. The van der Waals surface area contributed by atoms with E-state index >= 15 is 0 Å². The molecule has 0 bridgehead atoms. The zero-order valence-corrected chi connectivity index (χ0v) is 13.2. The first-order valence-corrected chi connectivity index (χ1v) is 7.51. The fourth-order valence-corrected chi connectivity index (χ4v) is 2.39. The lowest BCUT2D eigenvalue weighted by Crippen LogP contribution is -2.25. The maximum absolute atomic E-state index is 11.7. The highest BCUT2D eigenvalue weighted by Gasteiger charge is 2.49. The van der Waals surface area contributed by atoms with Gasteiger partial charge in [-0.25, -0.2) is 9.36 Å². The number of oxime groups is 1. The molecule has 0 fully saturated rings. The van der Waals surface area contributed by atoms with Crippen molar-refractivity contribution in [3.63, 3.8) is 0 Å². The van der Waals surface area contributed by atoms with Gasteiger partial charge in [0.05, 0.1) is 6.21 Å². The molecular formula is C5HCl6N2O4P. The zero-order chi connectivity index (χ0) is 14.2. The maximum atomic E-state index is 11.7. The number of halogens is 6. The first kappa shape index (κ1) is 16.6. The van der Waals surface area contributed by atoms with E-state index in [4.69, 9.17) is 69.6 Å². The Morgan fingerprint density at radius 2 is 1.83 bits per heavy atom. The van der Waals surface area contributed by atoms with Crippen molar-refractivity contribution < 1.29 is 18.5 Å². The van der Waals surface area contributed by atoms with Crippen LogP contribution in [0.25, 0.3) is 0 Å².